The summed E-state index contributed by atoms with van der Waals surface area (Å²) in [6, 6.07) is 5.73. The SMILES string of the molecule is COC(=O)CCCC(=O)N1CCc2[nH]nc(-c3ccc4c(c3)OCO4)c2C1. The van der Waals surface area contributed by atoms with Crippen molar-refractivity contribution in [1.29, 1.82) is 0 Å². The van der Waals surface area contributed by atoms with Crippen molar-refractivity contribution in [2.75, 3.05) is 20.4 Å². The van der Waals surface area contributed by atoms with E-state index in [0.717, 1.165) is 34.7 Å². The van der Waals surface area contributed by atoms with Gasteiger partial charge in [0, 0.05) is 49.2 Å². The molecule has 8 nitrogen and oxygen atoms in total. The zero-order valence-electron chi connectivity index (χ0n) is 15.1. The van der Waals surface area contributed by atoms with Crippen LogP contribution >= 0.6 is 0 Å². The van der Waals surface area contributed by atoms with Gasteiger partial charge in [-0.1, -0.05) is 0 Å². The summed E-state index contributed by atoms with van der Waals surface area (Å²) in [5.41, 5.74) is 3.84. The number of fused-ring (bicyclic) bond motifs is 2. The number of methoxy groups -OCH3 is 1. The summed E-state index contributed by atoms with van der Waals surface area (Å²) in [7, 11) is 1.35. The average molecular weight is 371 g/mol. The molecule has 2 aliphatic rings. The lowest BCUT2D eigenvalue weighted by Crippen LogP contribution is -2.35. The van der Waals surface area contributed by atoms with Crippen molar-refractivity contribution < 1.29 is 23.8 Å². The molecule has 2 aromatic rings. The van der Waals surface area contributed by atoms with Crippen molar-refractivity contribution >= 4 is 11.9 Å². The summed E-state index contributed by atoms with van der Waals surface area (Å²) >= 11 is 0. The van der Waals surface area contributed by atoms with Crippen LogP contribution in [-0.4, -0.2) is 47.4 Å². The van der Waals surface area contributed by atoms with Gasteiger partial charge in [-0.25, -0.2) is 0 Å². The number of aromatic nitrogens is 2. The van der Waals surface area contributed by atoms with Gasteiger partial charge in [0.1, 0.15) is 0 Å². The van der Waals surface area contributed by atoms with E-state index in [4.69, 9.17) is 9.47 Å². The third-order valence-electron chi connectivity index (χ3n) is 4.93. The van der Waals surface area contributed by atoms with E-state index in [2.05, 4.69) is 14.9 Å². The predicted molar refractivity (Wildman–Crippen MR) is 95.1 cm³/mol. The Balaban J connectivity index is 1.47. The zero-order valence-corrected chi connectivity index (χ0v) is 15.1. The summed E-state index contributed by atoms with van der Waals surface area (Å²) in [6.45, 7) is 1.38. The molecule has 1 aromatic carbocycles. The number of rotatable bonds is 5. The van der Waals surface area contributed by atoms with E-state index in [0.29, 0.717) is 31.7 Å². The minimum absolute atomic E-state index is 0.0439. The summed E-state index contributed by atoms with van der Waals surface area (Å²) in [5.74, 6) is 1.19. The molecule has 3 heterocycles. The number of carbonyl (C=O) groups excluding carboxylic acids is 2. The molecular formula is C19H21N3O5. The third kappa shape index (κ3) is 3.47. The first-order valence-electron chi connectivity index (χ1n) is 8.96. The van der Waals surface area contributed by atoms with Crippen molar-refractivity contribution in [1.82, 2.24) is 15.1 Å². The number of aromatic amines is 1. The normalized spacial score (nSPS) is 14.8. The molecular weight excluding hydrogens is 350 g/mol. The van der Waals surface area contributed by atoms with Crippen LogP contribution in [0.1, 0.15) is 30.5 Å². The molecule has 0 fully saturated rings. The molecule has 0 unspecified atom stereocenters. The van der Waals surface area contributed by atoms with E-state index in [1.165, 1.54) is 7.11 Å². The summed E-state index contributed by atoms with van der Waals surface area (Å²) in [4.78, 5) is 25.5. The number of benzene rings is 1. The Labute approximate surface area is 156 Å². The number of hydrogen-bond acceptors (Lipinski definition) is 6. The fraction of sp³-hybridized carbons (Fsp3) is 0.421. The Morgan fingerprint density at radius 3 is 2.96 bits per heavy atom. The maximum Gasteiger partial charge on any atom is 0.305 e. The van der Waals surface area contributed by atoms with Gasteiger partial charge in [0.25, 0.3) is 0 Å². The second-order valence-electron chi connectivity index (χ2n) is 6.59. The van der Waals surface area contributed by atoms with Crippen LogP contribution in [0.3, 0.4) is 0 Å². The molecule has 1 amide bonds. The second kappa shape index (κ2) is 7.30. The molecule has 8 heteroatoms. The molecule has 0 atom stereocenters. The summed E-state index contributed by atoms with van der Waals surface area (Å²) < 4.78 is 15.4. The number of nitrogens with one attached hydrogen (secondary N) is 1. The van der Waals surface area contributed by atoms with E-state index in [9.17, 15) is 9.59 Å². The maximum absolute atomic E-state index is 12.5. The van der Waals surface area contributed by atoms with Crippen LogP contribution in [-0.2, 0) is 27.3 Å². The number of carbonyl (C=O) groups is 2. The van der Waals surface area contributed by atoms with Gasteiger partial charge < -0.3 is 19.1 Å². The number of H-pyrrole nitrogens is 1. The molecule has 27 heavy (non-hydrogen) atoms. The predicted octanol–water partition coefficient (Wildman–Crippen LogP) is 2.03. The van der Waals surface area contributed by atoms with Gasteiger partial charge in [0.15, 0.2) is 11.5 Å². The van der Waals surface area contributed by atoms with Crippen LogP contribution in [0.5, 0.6) is 11.5 Å². The monoisotopic (exact) mass is 371 g/mol. The highest BCUT2D eigenvalue weighted by atomic mass is 16.7. The first-order chi connectivity index (χ1) is 13.2. The van der Waals surface area contributed by atoms with Crippen LogP contribution in [0.4, 0.5) is 0 Å². The van der Waals surface area contributed by atoms with Crippen molar-refractivity contribution in [2.45, 2.75) is 32.2 Å². The highest BCUT2D eigenvalue weighted by Gasteiger charge is 2.26. The van der Waals surface area contributed by atoms with Gasteiger partial charge >= 0.3 is 5.97 Å². The number of esters is 1. The first-order valence-corrected chi connectivity index (χ1v) is 8.96. The van der Waals surface area contributed by atoms with Crippen molar-refractivity contribution in [3.63, 3.8) is 0 Å². The molecule has 142 valence electrons. The number of amides is 1. The Morgan fingerprint density at radius 1 is 1.26 bits per heavy atom. The molecule has 2 aliphatic heterocycles. The topological polar surface area (TPSA) is 93.8 Å². The average Bonchev–Trinajstić information content (AvgIpc) is 3.33. The maximum atomic E-state index is 12.5. The van der Waals surface area contributed by atoms with Crippen molar-refractivity contribution in [3.8, 4) is 22.8 Å². The fourth-order valence-corrected chi connectivity index (χ4v) is 3.43. The van der Waals surface area contributed by atoms with E-state index >= 15 is 0 Å². The summed E-state index contributed by atoms with van der Waals surface area (Å²) in [6.07, 6.45) is 1.82. The van der Waals surface area contributed by atoms with Gasteiger partial charge in [-0.3, -0.25) is 14.7 Å². The highest BCUT2D eigenvalue weighted by molar-refractivity contribution is 5.78. The van der Waals surface area contributed by atoms with E-state index in [1.807, 2.05) is 23.1 Å². The van der Waals surface area contributed by atoms with Gasteiger partial charge in [-0.2, -0.15) is 5.10 Å². The third-order valence-corrected chi connectivity index (χ3v) is 4.93. The highest BCUT2D eigenvalue weighted by Crippen LogP contribution is 2.37. The molecule has 0 radical (unpaired) electrons. The quantitative estimate of drug-likeness (QED) is 0.809. The van der Waals surface area contributed by atoms with Crippen molar-refractivity contribution in [2.24, 2.45) is 0 Å². The summed E-state index contributed by atoms with van der Waals surface area (Å²) in [5, 5.41) is 7.56. The van der Waals surface area contributed by atoms with Crippen molar-refractivity contribution in [3.05, 3.63) is 29.5 Å². The molecule has 0 aliphatic carbocycles. The van der Waals surface area contributed by atoms with Crippen LogP contribution in [0.15, 0.2) is 18.2 Å². The Morgan fingerprint density at radius 2 is 2.11 bits per heavy atom. The smallest absolute Gasteiger partial charge is 0.305 e. The van der Waals surface area contributed by atoms with Gasteiger partial charge in [0.2, 0.25) is 12.7 Å². The van der Waals surface area contributed by atoms with E-state index < -0.39 is 0 Å². The molecule has 0 bridgehead atoms. The minimum Gasteiger partial charge on any atom is -0.469 e. The molecule has 0 spiro atoms. The van der Waals surface area contributed by atoms with E-state index in [1.54, 1.807) is 0 Å². The first kappa shape index (κ1) is 17.4. The fourth-order valence-electron chi connectivity index (χ4n) is 3.43. The van der Waals surface area contributed by atoms with E-state index in [-0.39, 0.29) is 25.1 Å². The van der Waals surface area contributed by atoms with Crippen LogP contribution in [0.25, 0.3) is 11.3 Å². The second-order valence-corrected chi connectivity index (χ2v) is 6.59. The van der Waals surface area contributed by atoms with Crippen LogP contribution in [0, 0.1) is 0 Å². The van der Waals surface area contributed by atoms with Gasteiger partial charge in [-0.05, 0) is 24.6 Å². The number of ether oxygens (including phenoxy) is 3. The standard InChI is InChI=1S/C19H21N3O5/c1-25-18(24)4-2-3-17(23)22-8-7-14-13(10-22)19(21-20-14)12-5-6-15-16(9-12)27-11-26-15/h5-6,9H,2-4,7-8,10-11H2,1H3,(H,20,21). The molecule has 4 rings (SSSR count). The number of nitrogens with zero attached hydrogens (tertiary/aromatic N) is 2. The molecule has 0 saturated heterocycles. The van der Waals surface area contributed by atoms with Crippen LogP contribution < -0.4 is 9.47 Å². The largest absolute Gasteiger partial charge is 0.469 e. The van der Waals surface area contributed by atoms with Gasteiger partial charge in [0.05, 0.1) is 12.8 Å². The molecule has 0 saturated carbocycles. The Bertz CT molecular complexity index is 876. The zero-order chi connectivity index (χ0) is 18.8. The van der Waals surface area contributed by atoms with Gasteiger partial charge in [-0.15, -0.1) is 0 Å². The van der Waals surface area contributed by atoms with Crippen LogP contribution in [0.2, 0.25) is 0 Å². The number of hydrogen-bond donors (Lipinski definition) is 1. The lowest BCUT2D eigenvalue weighted by molar-refractivity contribution is -0.141. The Hall–Kier alpha value is -3.03. The lowest BCUT2D eigenvalue weighted by atomic mass is 10.0. The minimum atomic E-state index is -0.288. The lowest BCUT2D eigenvalue weighted by Gasteiger charge is -2.27. The molecule has 1 aromatic heterocycles. The Kier molecular flexibility index (Phi) is 4.70. The molecule has 1 N–H and O–H groups in total.